The molecular weight excluding hydrogens is 374 g/mol. The highest BCUT2D eigenvalue weighted by Crippen LogP contribution is 2.46. The van der Waals surface area contributed by atoms with Crippen LogP contribution in [0.2, 0.25) is 0 Å². The Morgan fingerprint density at radius 2 is 1.97 bits per heavy atom. The predicted molar refractivity (Wildman–Crippen MR) is 104 cm³/mol. The molecule has 8 nitrogen and oxygen atoms in total. The van der Waals surface area contributed by atoms with E-state index in [1.165, 1.54) is 0 Å². The standard InChI is InChI=1S/C21H19N3O5/c1-26-14-5-3-13(4-6-14)24-10-22-19-15(9-18(25)23-21(19)24)12-7-16(27-2)20-17(8-12)28-11-29-20/h3-8,10,15H,9,11H2,1-2H3,(H,23,25)/t15-/m1/s1. The fraction of sp³-hybridized carbons (Fsp3) is 0.238. The van der Waals surface area contributed by atoms with Crippen molar-refractivity contribution < 1.29 is 23.7 Å². The summed E-state index contributed by atoms with van der Waals surface area (Å²) in [5.74, 6) is 2.90. The molecule has 0 saturated carbocycles. The van der Waals surface area contributed by atoms with Crippen molar-refractivity contribution in [3.8, 4) is 28.7 Å². The number of benzene rings is 2. The van der Waals surface area contributed by atoms with Crippen molar-refractivity contribution in [1.29, 1.82) is 0 Å². The number of hydrogen-bond donors (Lipinski definition) is 1. The van der Waals surface area contributed by atoms with Crippen molar-refractivity contribution in [2.24, 2.45) is 0 Å². The van der Waals surface area contributed by atoms with Gasteiger partial charge in [0.15, 0.2) is 11.5 Å². The highest BCUT2D eigenvalue weighted by atomic mass is 16.7. The van der Waals surface area contributed by atoms with Crippen LogP contribution < -0.4 is 24.3 Å². The Kier molecular flexibility index (Phi) is 4.04. The Balaban J connectivity index is 1.58. The first-order valence-electron chi connectivity index (χ1n) is 9.17. The lowest BCUT2D eigenvalue weighted by atomic mass is 9.89. The first kappa shape index (κ1) is 17.4. The highest BCUT2D eigenvalue weighted by molar-refractivity contribution is 5.94. The summed E-state index contributed by atoms with van der Waals surface area (Å²) in [6, 6.07) is 11.3. The molecule has 0 aliphatic carbocycles. The van der Waals surface area contributed by atoms with Crippen molar-refractivity contribution in [3.63, 3.8) is 0 Å². The zero-order chi connectivity index (χ0) is 20.0. The summed E-state index contributed by atoms with van der Waals surface area (Å²) in [6.07, 6.45) is 2.00. The van der Waals surface area contributed by atoms with Crippen LogP contribution in [0.5, 0.6) is 23.0 Å². The zero-order valence-corrected chi connectivity index (χ0v) is 16.0. The van der Waals surface area contributed by atoms with Crippen molar-refractivity contribution >= 4 is 11.7 Å². The minimum absolute atomic E-state index is 0.0746. The maximum Gasteiger partial charge on any atom is 0.231 e. The van der Waals surface area contributed by atoms with E-state index in [4.69, 9.17) is 18.9 Å². The number of ether oxygens (including phenoxy) is 4. The van der Waals surface area contributed by atoms with Crippen LogP contribution in [0.3, 0.4) is 0 Å². The molecule has 2 aromatic carbocycles. The van der Waals surface area contributed by atoms with Gasteiger partial charge in [-0.25, -0.2) is 4.98 Å². The topological polar surface area (TPSA) is 83.8 Å². The summed E-state index contributed by atoms with van der Waals surface area (Å²) in [5, 5.41) is 2.96. The summed E-state index contributed by atoms with van der Waals surface area (Å²) in [5.41, 5.74) is 2.56. The van der Waals surface area contributed by atoms with Crippen LogP contribution in [-0.4, -0.2) is 36.5 Å². The molecular formula is C21H19N3O5. The molecule has 0 fully saturated rings. The van der Waals surface area contributed by atoms with E-state index in [1.807, 2.05) is 41.0 Å². The van der Waals surface area contributed by atoms with Gasteiger partial charge in [-0.1, -0.05) is 0 Å². The Morgan fingerprint density at radius 3 is 2.72 bits per heavy atom. The summed E-state index contributed by atoms with van der Waals surface area (Å²) in [4.78, 5) is 17.1. The van der Waals surface area contributed by atoms with Crippen LogP contribution in [0.15, 0.2) is 42.7 Å². The summed E-state index contributed by atoms with van der Waals surface area (Å²) < 4.78 is 23.6. The fourth-order valence-electron chi connectivity index (χ4n) is 3.77. The first-order valence-corrected chi connectivity index (χ1v) is 9.17. The third-order valence-electron chi connectivity index (χ3n) is 5.21. The lowest BCUT2D eigenvalue weighted by molar-refractivity contribution is -0.116. The second-order valence-electron chi connectivity index (χ2n) is 6.81. The number of fused-ring (bicyclic) bond motifs is 2. The molecule has 148 valence electrons. The maximum absolute atomic E-state index is 12.5. The Morgan fingerprint density at radius 1 is 1.14 bits per heavy atom. The second kappa shape index (κ2) is 6.73. The van der Waals surface area contributed by atoms with Crippen molar-refractivity contribution in [1.82, 2.24) is 9.55 Å². The Hall–Kier alpha value is -3.68. The molecule has 0 spiro atoms. The molecule has 8 heteroatoms. The van der Waals surface area contributed by atoms with E-state index in [2.05, 4.69) is 10.3 Å². The molecule has 0 radical (unpaired) electrons. The van der Waals surface area contributed by atoms with E-state index < -0.39 is 0 Å². The van der Waals surface area contributed by atoms with Gasteiger partial charge in [-0.3, -0.25) is 9.36 Å². The average molecular weight is 393 g/mol. The number of hydrogen-bond acceptors (Lipinski definition) is 6. The minimum atomic E-state index is -0.221. The van der Waals surface area contributed by atoms with Gasteiger partial charge in [0, 0.05) is 18.0 Å². The maximum atomic E-state index is 12.5. The molecule has 2 aliphatic rings. The number of nitrogens with one attached hydrogen (secondary N) is 1. The van der Waals surface area contributed by atoms with Crippen LogP contribution in [-0.2, 0) is 4.79 Å². The Bertz CT molecular complexity index is 1090. The third-order valence-corrected chi connectivity index (χ3v) is 5.21. The van der Waals surface area contributed by atoms with Crippen LogP contribution in [0.1, 0.15) is 23.6 Å². The van der Waals surface area contributed by atoms with E-state index >= 15 is 0 Å². The smallest absolute Gasteiger partial charge is 0.231 e. The summed E-state index contributed by atoms with van der Waals surface area (Å²) in [6.45, 7) is 0.150. The number of methoxy groups -OCH3 is 2. The number of amides is 1. The van der Waals surface area contributed by atoms with Gasteiger partial charge in [-0.15, -0.1) is 0 Å². The monoisotopic (exact) mass is 393 g/mol. The largest absolute Gasteiger partial charge is 0.497 e. The van der Waals surface area contributed by atoms with Crippen LogP contribution >= 0.6 is 0 Å². The predicted octanol–water partition coefficient (Wildman–Crippen LogP) is 3.09. The van der Waals surface area contributed by atoms with Gasteiger partial charge in [0.05, 0.1) is 19.9 Å². The molecule has 5 rings (SSSR count). The molecule has 1 N–H and O–H groups in total. The van der Waals surface area contributed by atoms with Crippen LogP contribution in [0.25, 0.3) is 5.69 Å². The highest BCUT2D eigenvalue weighted by Gasteiger charge is 2.33. The number of nitrogens with zero attached hydrogens (tertiary/aromatic N) is 2. The number of anilines is 1. The molecule has 0 unspecified atom stereocenters. The molecule has 0 saturated heterocycles. The molecule has 1 aromatic heterocycles. The number of imidazole rings is 1. The number of aromatic nitrogens is 2. The van der Waals surface area contributed by atoms with Gasteiger partial charge in [-0.2, -0.15) is 0 Å². The van der Waals surface area contributed by atoms with Crippen molar-refractivity contribution in [2.45, 2.75) is 12.3 Å². The van der Waals surface area contributed by atoms with Gasteiger partial charge >= 0.3 is 0 Å². The van der Waals surface area contributed by atoms with E-state index in [0.717, 1.165) is 22.7 Å². The van der Waals surface area contributed by atoms with E-state index in [-0.39, 0.29) is 25.0 Å². The number of carbonyl (C=O) groups excluding carboxylic acids is 1. The first-order chi connectivity index (χ1) is 14.2. The summed E-state index contributed by atoms with van der Waals surface area (Å²) in [7, 11) is 3.21. The zero-order valence-electron chi connectivity index (χ0n) is 16.0. The van der Waals surface area contributed by atoms with Crippen LogP contribution in [0, 0.1) is 0 Å². The van der Waals surface area contributed by atoms with Crippen molar-refractivity contribution in [2.75, 3.05) is 26.3 Å². The SMILES string of the molecule is COc1ccc(-n2cnc3c2NC(=O)C[C@@H]3c2cc(OC)c3c(c2)OCO3)cc1. The van der Waals surface area contributed by atoms with Gasteiger partial charge in [-0.05, 0) is 42.0 Å². The molecule has 29 heavy (non-hydrogen) atoms. The van der Waals surface area contributed by atoms with Gasteiger partial charge in [0.25, 0.3) is 0 Å². The minimum Gasteiger partial charge on any atom is -0.497 e. The van der Waals surface area contributed by atoms with Gasteiger partial charge in [0.1, 0.15) is 17.9 Å². The number of rotatable bonds is 4. The van der Waals surface area contributed by atoms with Gasteiger partial charge in [0.2, 0.25) is 18.4 Å². The molecule has 3 heterocycles. The Labute approximate surface area is 167 Å². The molecule has 3 aromatic rings. The fourth-order valence-corrected chi connectivity index (χ4v) is 3.77. The molecule has 1 amide bonds. The van der Waals surface area contributed by atoms with E-state index in [0.29, 0.717) is 23.1 Å². The summed E-state index contributed by atoms with van der Waals surface area (Å²) >= 11 is 0. The van der Waals surface area contributed by atoms with E-state index in [9.17, 15) is 4.79 Å². The quantitative estimate of drug-likeness (QED) is 0.733. The normalized spacial score (nSPS) is 16.9. The second-order valence-corrected chi connectivity index (χ2v) is 6.81. The third kappa shape index (κ3) is 2.84. The van der Waals surface area contributed by atoms with E-state index in [1.54, 1.807) is 20.5 Å². The lowest BCUT2D eigenvalue weighted by Crippen LogP contribution is -2.25. The average Bonchev–Trinajstić information content (AvgIpc) is 3.39. The molecule has 1 atom stereocenters. The molecule has 0 bridgehead atoms. The molecule has 2 aliphatic heterocycles. The number of carbonyl (C=O) groups is 1. The lowest BCUT2D eigenvalue weighted by Gasteiger charge is -2.24. The van der Waals surface area contributed by atoms with Crippen LogP contribution in [0.4, 0.5) is 5.82 Å². The van der Waals surface area contributed by atoms with Crippen molar-refractivity contribution in [3.05, 3.63) is 54.0 Å². The van der Waals surface area contributed by atoms with Gasteiger partial charge < -0.3 is 24.3 Å².